The van der Waals surface area contributed by atoms with Crippen LogP contribution in [0.1, 0.15) is 17.3 Å². The number of para-hydroxylation sites is 2. The van der Waals surface area contributed by atoms with Gasteiger partial charge in [0.1, 0.15) is 12.0 Å². The van der Waals surface area contributed by atoms with Crippen molar-refractivity contribution in [2.75, 3.05) is 0 Å². The molecule has 5 nitrogen and oxygen atoms in total. The minimum atomic E-state index is -0.294. The molecule has 0 saturated heterocycles. The number of aliphatic imine (C=N–C) groups is 2. The van der Waals surface area contributed by atoms with Gasteiger partial charge in [0.25, 0.3) is 0 Å². The van der Waals surface area contributed by atoms with Gasteiger partial charge in [-0.3, -0.25) is 4.57 Å². The lowest BCUT2D eigenvalue weighted by Gasteiger charge is -2.24. The summed E-state index contributed by atoms with van der Waals surface area (Å²) in [6.07, 6.45) is -0.294. The molecule has 0 fully saturated rings. The van der Waals surface area contributed by atoms with Crippen LogP contribution in [0.2, 0.25) is 0 Å². The van der Waals surface area contributed by atoms with E-state index in [9.17, 15) is 0 Å². The maximum absolute atomic E-state index is 5.28. The second kappa shape index (κ2) is 10.5. The van der Waals surface area contributed by atoms with Crippen LogP contribution in [-0.2, 0) is 0 Å². The number of rotatable bonds is 3. The fourth-order valence-corrected chi connectivity index (χ4v) is 7.32. The normalized spacial score (nSPS) is 14.9. The smallest absolute Gasteiger partial charge is 0.234 e. The molecule has 5 heteroatoms. The maximum atomic E-state index is 5.28. The van der Waals surface area contributed by atoms with Crippen LogP contribution in [0.15, 0.2) is 174 Å². The van der Waals surface area contributed by atoms with Gasteiger partial charge < -0.3 is 9.88 Å². The van der Waals surface area contributed by atoms with Gasteiger partial charge in [-0.05, 0) is 52.7 Å². The van der Waals surface area contributed by atoms with Crippen molar-refractivity contribution in [2.45, 2.75) is 6.17 Å². The molecule has 3 heterocycles. The van der Waals surface area contributed by atoms with Gasteiger partial charge in [0, 0.05) is 32.8 Å². The molecule has 1 N–H and O–H groups in total. The Morgan fingerprint density at radius 2 is 1.06 bits per heavy atom. The third-order valence-corrected chi connectivity index (χ3v) is 9.55. The number of nitrogens with one attached hydrogen (secondary N) is 1. The molecule has 0 radical (unpaired) electrons. The number of hydrogen-bond acceptors (Lipinski definition) is 3. The number of hydrogen-bond donors (Lipinski definition) is 1. The molecule has 2 aromatic heterocycles. The lowest BCUT2D eigenvalue weighted by Crippen LogP contribution is -2.35. The molecule has 226 valence electrons. The van der Waals surface area contributed by atoms with E-state index in [2.05, 4.69) is 154 Å². The van der Waals surface area contributed by atoms with Crippen molar-refractivity contribution in [3.8, 4) is 5.69 Å². The van der Waals surface area contributed by atoms with Crippen LogP contribution in [0.4, 0.5) is 0 Å². The third kappa shape index (κ3) is 4.11. The van der Waals surface area contributed by atoms with Crippen LogP contribution in [0.3, 0.4) is 0 Å². The molecule has 9 aromatic rings. The highest BCUT2D eigenvalue weighted by Gasteiger charge is 2.25. The zero-order valence-electron chi connectivity index (χ0n) is 26.0. The Bertz CT molecular complexity index is 2750. The van der Waals surface area contributed by atoms with Crippen LogP contribution in [-0.4, -0.2) is 20.9 Å². The Hall–Kier alpha value is -6.46. The van der Waals surface area contributed by atoms with Crippen molar-refractivity contribution in [2.24, 2.45) is 9.98 Å². The van der Waals surface area contributed by atoms with Crippen molar-refractivity contribution >= 4 is 66.2 Å². The first kappa shape index (κ1) is 26.7. The molecule has 48 heavy (non-hydrogen) atoms. The van der Waals surface area contributed by atoms with Crippen LogP contribution in [0, 0.1) is 0 Å². The molecular weight excluding hydrogens is 587 g/mol. The molecule has 1 atom stereocenters. The average molecular weight is 616 g/mol. The minimum absolute atomic E-state index is 0.294. The molecule has 10 rings (SSSR count). The molecule has 0 bridgehead atoms. The number of amidine groups is 1. The lowest BCUT2D eigenvalue weighted by molar-refractivity contribution is 0.668. The number of aromatic nitrogens is 2. The highest BCUT2D eigenvalue weighted by Crippen LogP contribution is 2.39. The van der Waals surface area contributed by atoms with Crippen molar-refractivity contribution in [3.05, 3.63) is 175 Å². The molecule has 0 aliphatic carbocycles. The zero-order chi connectivity index (χ0) is 31.6. The van der Waals surface area contributed by atoms with E-state index in [1.165, 1.54) is 37.8 Å². The van der Waals surface area contributed by atoms with Crippen molar-refractivity contribution in [3.63, 3.8) is 0 Å². The van der Waals surface area contributed by atoms with E-state index in [1.54, 1.807) is 0 Å². The highest BCUT2D eigenvalue weighted by atomic mass is 15.3. The predicted molar refractivity (Wildman–Crippen MR) is 199 cm³/mol. The summed E-state index contributed by atoms with van der Waals surface area (Å²) in [6, 6.07) is 58.0. The summed E-state index contributed by atoms with van der Waals surface area (Å²) in [6.45, 7) is 0. The van der Waals surface area contributed by atoms with E-state index in [0.717, 1.165) is 39.2 Å². The lowest BCUT2D eigenvalue weighted by atomic mass is 10.1. The number of fused-ring (bicyclic) bond motifs is 7. The van der Waals surface area contributed by atoms with Gasteiger partial charge in [0.2, 0.25) is 5.96 Å². The van der Waals surface area contributed by atoms with Gasteiger partial charge in [0.15, 0.2) is 0 Å². The molecule has 1 unspecified atom stereocenters. The molecule has 0 saturated carbocycles. The fourth-order valence-electron chi connectivity index (χ4n) is 7.32. The molecule has 7 aromatic carbocycles. The SMILES string of the molecule is c1ccc(C2=NC(n3c4ccccc4c4cc5c6ccccc6n(-c6ccc7ccccc7c6)c5cc43)=NC(c3ccccc3)N2)cc1. The van der Waals surface area contributed by atoms with E-state index in [4.69, 9.17) is 9.98 Å². The van der Waals surface area contributed by atoms with Crippen molar-refractivity contribution in [1.29, 1.82) is 0 Å². The van der Waals surface area contributed by atoms with Gasteiger partial charge in [-0.15, -0.1) is 0 Å². The summed E-state index contributed by atoms with van der Waals surface area (Å²) >= 11 is 0. The molecule has 1 aliphatic heterocycles. The average Bonchev–Trinajstić information content (AvgIpc) is 3.66. The van der Waals surface area contributed by atoms with Crippen LogP contribution >= 0.6 is 0 Å². The highest BCUT2D eigenvalue weighted by molar-refractivity contribution is 6.22. The predicted octanol–water partition coefficient (Wildman–Crippen LogP) is 10.00. The number of benzene rings is 7. The first-order chi connectivity index (χ1) is 23.8. The van der Waals surface area contributed by atoms with Gasteiger partial charge >= 0.3 is 0 Å². The quantitative estimate of drug-likeness (QED) is 0.211. The van der Waals surface area contributed by atoms with Crippen molar-refractivity contribution in [1.82, 2.24) is 14.5 Å². The van der Waals surface area contributed by atoms with E-state index in [0.29, 0.717) is 5.96 Å². The summed E-state index contributed by atoms with van der Waals surface area (Å²) in [5.74, 6) is 1.45. The molecule has 0 amide bonds. The van der Waals surface area contributed by atoms with Crippen LogP contribution < -0.4 is 5.32 Å². The molecule has 0 spiro atoms. The van der Waals surface area contributed by atoms with Gasteiger partial charge in [-0.2, -0.15) is 4.99 Å². The minimum Gasteiger partial charge on any atom is -0.344 e. The van der Waals surface area contributed by atoms with Gasteiger partial charge in [-0.1, -0.05) is 127 Å². The first-order valence-electron chi connectivity index (χ1n) is 16.3. The monoisotopic (exact) mass is 615 g/mol. The standard InChI is InChI=1S/C43H29N5/c1-3-14-29(15-4-1)41-44-42(30-16-5-2-6-17-30)46-43(45-41)48-38-22-12-10-20-34(38)36-26-35-33-19-9-11-21-37(33)47(39(35)27-40(36)48)32-24-23-28-13-7-8-18-31(28)25-32/h1-27,41H,(H,44,45,46). The number of nitrogens with zero attached hydrogens (tertiary/aromatic N) is 4. The fraction of sp³-hybridized carbons (Fsp3) is 0.0233. The van der Waals surface area contributed by atoms with E-state index in [-0.39, 0.29) is 6.17 Å². The van der Waals surface area contributed by atoms with Crippen LogP contribution in [0.25, 0.3) is 60.1 Å². The Morgan fingerprint density at radius 1 is 0.458 bits per heavy atom. The summed E-state index contributed by atoms with van der Waals surface area (Å²) in [5, 5.41) is 10.9. The summed E-state index contributed by atoms with van der Waals surface area (Å²) in [7, 11) is 0. The largest absolute Gasteiger partial charge is 0.344 e. The summed E-state index contributed by atoms with van der Waals surface area (Å²) in [5.41, 5.74) is 7.70. The van der Waals surface area contributed by atoms with Gasteiger partial charge in [-0.25, -0.2) is 4.99 Å². The topological polar surface area (TPSA) is 46.6 Å². The van der Waals surface area contributed by atoms with E-state index >= 15 is 0 Å². The summed E-state index contributed by atoms with van der Waals surface area (Å²) in [4.78, 5) is 10.5. The van der Waals surface area contributed by atoms with E-state index < -0.39 is 0 Å². The third-order valence-electron chi connectivity index (χ3n) is 9.55. The van der Waals surface area contributed by atoms with Crippen LogP contribution in [0.5, 0.6) is 0 Å². The maximum Gasteiger partial charge on any atom is 0.234 e. The molecule has 1 aliphatic rings. The Labute approximate surface area is 276 Å². The van der Waals surface area contributed by atoms with E-state index in [1.807, 2.05) is 24.3 Å². The second-order valence-corrected chi connectivity index (χ2v) is 12.3. The second-order valence-electron chi connectivity index (χ2n) is 12.3. The van der Waals surface area contributed by atoms with Crippen molar-refractivity contribution < 1.29 is 0 Å². The zero-order valence-corrected chi connectivity index (χ0v) is 26.0. The first-order valence-corrected chi connectivity index (χ1v) is 16.3. The Morgan fingerprint density at radius 3 is 1.81 bits per heavy atom. The Kier molecular flexibility index (Phi) is 5.87. The molecular formula is C43H29N5. The Balaban J connectivity index is 1.29. The summed E-state index contributed by atoms with van der Waals surface area (Å²) < 4.78 is 4.64. The van der Waals surface area contributed by atoms with Gasteiger partial charge in [0.05, 0.1) is 22.1 Å².